The lowest BCUT2D eigenvalue weighted by Crippen LogP contribution is -2.30. The number of carbonyl (C=O) groups excluding carboxylic acids is 3. The van der Waals surface area contributed by atoms with Crippen molar-refractivity contribution in [1.29, 1.82) is 0 Å². The fourth-order valence-electron chi connectivity index (χ4n) is 9.65. The van der Waals surface area contributed by atoms with Crippen LogP contribution in [-0.2, 0) is 28.6 Å². The lowest BCUT2D eigenvalue weighted by Gasteiger charge is -2.18. The molecule has 0 saturated carbocycles. The minimum atomic E-state index is -0.774. The lowest BCUT2D eigenvalue weighted by atomic mass is 10.0. The van der Waals surface area contributed by atoms with Crippen LogP contribution in [0.4, 0.5) is 0 Å². The summed E-state index contributed by atoms with van der Waals surface area (Å²) < 4.78 is 17.0. The third kappa shape index (κ3) is 61.8. The molecule has 0 rings (SSSR count). The van der Waals surface area contributed by atoms with E-state index in [0.29, 0.717) is 19.3 Å². The number of allylic oxidation sites excluding steroid dienone is 10. The van der Waals surface area contributed by atoms with E-state index in [1.165, 1.54) is 205 Å². The van der Waals surface area contributed by atoms with Crippen LogP contribution in [-0.4, -0.2) is 37.2 Å². The quantitative estimate of drug-likeness (QED) is 0.0261. The molecule has 0 bridgehead atoms. The summed E-state index contributed by atoms with van der Waals surface area (Å²) >= 11 is 0. The Bertz CT molecular complexity index is 1340. The molecule has 0 saturated heterocycles. The van der Waals surface area contributed by atoms with E-state index in [1.54, 1.807) is 0 Å². The molecule has 0 amide bonds. The molecule has 0 aromatic carbocycles. The Hall–Kier alpha value is -2.89. The standard InChI is InChI=1S/C69H124O6/c1-4-7-10-13-16-19-22-25-28-30-31-32-33-34-35-36-37-39-41-44-47-50-53-56-59-62-68(71)74-65-66(64-73-67(70)61-58-55-52-49-46-43-40-27-24-21-18-15-12-9-6-3)75-69(72)63-60-57-54-51-48-45-42-38-29-26-23-20-17-14-11-8-5-2/h7,10,16,19,25,28,31-32,34-35,66H,4-6,8-9,11-15,17-18,20-24,26-27,29-30,33,36-65H2,1-3H3/b10-7-,19-16-,28-25-,32-31-,35-34-. The van der Waals surface area contributed by atoms with Crippen LogP contribution in [0.2, 0.25) is 0 Å². The number of hydrogen-bond acceptors (Lipinski definition) is 6. The molecule has 0 N–H and O–H groups in total. The van der Waals surface area contributed by atoms with E-state index >= 15 is 0 Å². The van der Waals surface area contributed by atoms with E-state index in [0.717, 1.165) is 96.3 Å². The van der Waals surface area contributed by atoms with Gasteiger partial charge in [0.2, 0.25) is 0 Å². The maximum absolute atomic E-state index is 12.9. The first-order chi connectivity index (χ1) is 37.0. The van der Waals surface area contributed by atoms with Gasteiger partial charge in [0, 0.05) is 19.3 Å². The maximum atomic E-state index is 12.9. The summed E-state index contributed by atoms with van der Waals surface area (Å²) in [6.07, 6.45) is 80.8. The zero-order valence-electron chi connectivity index (χ0n) is 50.1. The first kappa shape index (κ1) is 72.1. The molecule has 1 unspecified atom stereocenters. The predicted molar refractivity (Wildman–Crippen MR) is 325 cm³/mol. The van der Waals surface area contributed by atoms with Gasteiger partial charge in [-0.1, -0.05) is 319 Å². The van der Waals surface area contributed by atoms with Gasteiger partial charge in [-0.2, -0.15) is 0 Å². The minimum absolute atomic E-state index is 0.0704. The summed E-state index contributed by atoms with van der Waals surface area (Å²) in [5.74, 6) is -0.853. The fraction of sp³-hybridized carbons (Fsp3) is 0.812. The number of esters is 3. The number of rotatable bonds is 60. The van der Waals surface area contributed by atoms with Gasteiger partial charge in [-0.25, -0.2) is 0 Å². The van der Waals surface area contributed by atoms with E-state index in [4.69, 9.17) is 14.2 Å². The largest absolute Gasteiger partial charge is 0.462 e. The van der Waals surface area contributed by atoms with Crippen LogP contribution >= 0.6 is 0 Å². The van der Waals surface area contributed by atoms with Crippen molar-refractivity contribution < 1.29 is 28.6 Å². The zero-order chi connectivity index (χ0) is 54.3. The SMILES string of the molecule is CC/C=C\C/C=C\C/C=C\C/C=C\C/C=C\CCCCCCCCCCCC(=O)OCC(COC(=O)CCCCCCCCCCCCCCCCC)OC(=O)CCCCCCCCCCCCCCCCCCC. The molecule has 0 aliphatic carbocycles. The molecule has 75 heavy (non-hydrogen) atoms. The van der Waals surface area contributed by atoms with Gasteiger partial charge in [0.05, 0.1) is 0 Å². The van der Waals surface area contributed by atoms with Crippen molar-refractivity contribution in [1.82, 2.24) is 0 Å². The Balaban J connectivity index is 4.31. The molecule has 0 aliphatic rings. The maximum Gasteiger partial charge on any atom is 0.306 e. The molecule has 0 spiro atoms. The second-order valence-corrected chi connectivity index (χ2v) is 22.0. The van der Waals surface area contributed by atoms with Crippen molar-refractivity contribution in [2.75, 3.05) is 13.2 Å². The minimum Gasteiger partial charge on any atom is -0.462 e. The summed E-state index contributed by atoms with van der Waals surface area (Å²) in [5, 5.41) is 0. The molecule has 0 aromatic rings. The topological polar surface area (TPSA) is 78.9 Å². The molecule has 0 aliphatic heterocycles. The van der Waals surface area contributed by atoms with Gasteiger partial charge in [-0.15, -0.1) is 0 Å². The van der Waals surface area contributed by atoms with Gasteiger partial charge >= 0.3 is 17.9 Å². The third-order valence-corrected chi connectivity index (χ3v) is 14.5. The molecule has 0 aromatic heterocycles. The fourth-order valence-corrected chi connectivity index (χ4v) is 9.65. The van der Waals surface area contributed by atoms with Crippen molar-refractivity contribution in [3.63, 3.8) is 0 Å². The molecule has 6 nitrogen and oxygen atoms in total. The van der Waals surface area contributed by atoms with Gasteiger partial charge in [0.15, 0.2) is 6.10 Å². The van der Waals surface area contributed by atoms with Gasteiger partial charge in [-0.05, 0) is 64.2 Å². The normalized spacial score (nSPS) is 12.4. The Morgan fingerprint density at radius 3 is 0.813 bits per heavy atom. The van der Waals surface area contributed by atoms with Gasteiger partial charge < -0.3 is 14.2 Å². The highest BCUT2D eigenvalue weighted by molar-refractivity contribution is 5.71. The van der Waals surface area contributed by atoms with Gasteiger partial charge in [0.1, 0.15) is 13.2 Å². The molecule has 0 radical (unpaired) electrons. The highest BCUT2D eigenvalue weighted by atomic mass is 16.6. The van der Waals surface area contributed by atoms with Crippen LogP contribution in [0.1, 0.15) is 342 Å². The van der Waals surface area contributed by atoms with Crippen molar-refractivity contribution in [2.45, 2.75) is 348 Å². The zero-order valence-corrected chi connectivity index (χ0v) is 50.1. The summed E-state index contributed by atoms with van der Waals surface area (Å²) in [6.45, 7) is 6.58. The Labute approximate surface area is 466 Å². The summed E-state index contributed by atoms with van der Waals surface area (Å²) in [4.78, 5) is 38.3. The first-order valence-electron chi connectivity index (χ1n) is 32.8. The van der Waals surface area contributed by atoms with Crippen molar-refractivity contribution in [3.8, 4) is 0 Å². The number of hydrogen-bond donors (Lipinski definition) is 0. The molecular formula is C69H124O6. The Kier molecular flexibility index (Phi) is 61.2. The molecule has 0 fully saturated rings. The van der Waals surface area contributed by atoms with Gasteiger partial charge in [-0.3, -0.25) is 14.4 Å². The van der Waals surface area contributed by atoms with Crippen LogP contribution in [0.5, 0.6) is 0 Å². The van der Waals surface area contributed by atoms with Crippen LogP contribution in [0.3, 0.4) is 0 Å². The first-order valence-corrected chi connectivity index (χ1v) is 32.8. The van der Waals surface area contributed by atoms with Crippen LogP contribution in [0.15, 0.2) is 60.8 Å². The predicted octanol–water partition coefficient (Wildman–Crippen LogP) is 22.3. The van der Waals surface area contributed by atoms with Crippen LogP contribution in [0, 0.1) is 0 Å². The van der Waals surface area contributed by atoms with Gasteiger partial charge in [0.25, 0.3) is 0 Å². The molecule has 436 valence electrons. The summed E-state index contributed by atoms with van der Waals surface area (Å²) in [6, 6.07) is 0. The molecule has 0 heterocycles. The third-order valence-electron chi connectivity index (χ3n) is 14.5. The molecular weight excluding hydrogens is 925 g/mol. The average Bonchev–Trinajstić information content (AvgIpc) is 3.41. The van der Waals surface area contributed by atoms with E-state index in [-0.39, 0.29) is 31.1 Å². The molecule has 6 heteroatoms. The van der Waals surface area contributed by atoms with Crippen molar-refractivity contribution in [3.05, 3.63) is 60.8 Å². The highest BCUT2D eigenvalue weighted by Gasteiger charge is 2.19. The van der Waals surface area contributed by atoms with Crippen molar-refractivity contribution in [2.24, 2.45) is 0 Å². The van der Waals surface area contributed by atoms with E-state index in [2.05, 4.69) is 81.5 Å². The van der Waals surface area contributed by atoms with E-state index < -0.39 is 6.10 Å². The monoisotopic (exact) mass is 1050 g/mol. The second-order valence-electron chi connectivity index (χ2n) is 22.0. The number of ether oxygens (including phenoxy) is 3. The highest BCUT2D eigenvalue weighted by Crippen LogP contribution is 2.18. The second kappa shape index (κ2) is 63.6. The Morgan fingerprint density at radius 1 is 0.280 bits per heavy atom. The van der Waals surface area contributed by atoms with Crippen molar-refractivity contribution >= 4 is 17.9 Å². The smallest absolute Gasteiger partial charge is 0.306 e. The van der Waals surface area contributed by atoms with Crippen LogP contribution in [0.25, 0.3) is 0 Å². The van der Waals surface area contributed by atoms with E-state index in [1.807, 2.05) is 0 Å². The molecule has 1 atom stereocenters. The number of carbonyl (C=O) groups is 3. The lowest BCUT2D eigenvalue weighted by molar-refractivity contribution is -0.167. The summed E-state index contributed by atoms with van der Waals surface area (Å²) in [5.41, 5.74) is 0. The average molecular weight is 1050 g/mol. The van der Waals surface area contributed by atoms with Crippen LogP contribution < -0.4 is 0 Å². The Morgan fingerprint density at radius 2 is 0.520 bits per heavy atom. The van der Waals surface area contributed by atoms with E-state index in [9.17, 15) is 14.4 Å². The number of unbranched alkanes of at least 4 members (excludes halogenated alkanes) is 39. The summed E-state index contributed by atoms with van der Waals surface area (Å²) in [7, 11) is 0.